The van der Waals surface area contributed by atoms with Gasteiger partial charge in [0.15, 0.2) is 0 Å². The topological polar surface area (TPSA) is 3.24 Å². The molecule has 1 aromatic carbocycles. The zero-order chi connectivity index (χ0) is 8.27. The van der Waals surface area contributed by atoms with E-state index in [0.717, 1.165) is 11.6 Å². The average Bonchev–Trinajstić information content (AvgIpc) is 1.93. The normalized spacial score (nSPS) is 10.5. The highest BCUT2D eigenvalue weighted by Gasteiger charge is 1.98. The maximum atomic E-state index is 5.94. The Bertz CT molecular complexity index is 233. The molecule has 11 heavy (non-hydrogen) atoms. The molecule has 0 fully saturated rings. The molecule has 0 aliphatic heterocycles. The predicted octanol–water partition coefficient (Wildman–Crippen LogP) is 2.40. The molecule has 0 saturated carbocycles. The monoisotopic (exact) mass is 169 g/mol. The summed E-state index contributed by atoms with van der Waals surface area (Å²) in [6.45, 7) is 0.902. The second-order valence-corrected chi connectivity index (χ2v) is 3.24. The van der Waals surface area contributed by atoms with Crippen LogP contribution >= 0.6 is 11.6 Å². The summed E-state index contributed by atoms with van der Waals surface area (Å²) in [6, 6.07) is 7.91. The predicted molar refractivity (Wildman–Crippen MR) is 48.8 cm³/mol. The van der Waals surface area contributed by atoms with Crippen molar-refractivity contribution in [1.29, 1.82) is 0 Å². The van der Waals surface area contributed by atoms with E-state index in [9.17, 15) is 0 Å². The highest BCUT2D eigenvalue weighted by molar-refractivity contribution is 6.31. The van der Waals surface area contributed by atoms with E-state index in [4.69, 9.17) is 11.6 Å². The second-order valence-electron chi connectivity index (χ2n) is 2.83. The Kier molecular flexibility index (Phi) is 2.92. The zero-order valence-corrected chi connectivity index (χ0v) is 7.60. The van der Waals surface area contributed by atoms with Crippen LogP contribution < -0.4 is 0 Å². The lowest BCUT2D eigenvalue weighted by Gasteiger charge is -2.10. The van der Waals surface area contributed by atoms with Gasteiger partial charge in [-0.2, -0.15) is 0 Å². The van der Waals surface area contributed by atoms with E-state index in [0.29, 0.717) is 0 Å². The van der Waals surface area contributed by atoms with Crippen LogP contribution in [0.15, 0.2) is 24.3 Å². The summed E-state index contributed by atoms with van der Waals surface area (Å²) >= 11 is 5.94. The van der Waals surface area contributed by atoms with E-state index < -0.39 is 0 Å². The molecule has 0 aliphatic carbocycles. The van der Waals surface area contributed by atoms with Crippen LogP contribution in [0.4, 0.5) is 0 Å². The number of nitrogens with zero attached hydrogens (tertiary/aromatic N) is 1. The second kappa shape index (κ2) is 3.74. The minimum atomic E-state index is 0.848. The summed E-state index contributed by atoms with van der Waals surface area (Å²) < 4.78 is 0. The van der Waals surface area contributed by atoms with Gasteiger partial charge in [0.2, 0.25) is 0 Å². The van der Waals surface area contributed by atoms with Crippen molar-refractivity contribution in [3.8, 4) is 0 Å². The molecule has 1 rings (SSSR count). The SMILES string of the molecule is CN(C)Cc1ccccc1Cl. The first kappa shape index (κ1) is 8.57. The Morgan fingerprint density at radius 3 is 2.45 bits per heavy atom. The first-order valence-electron chi connectivity index (χ1n) is 3.58. The van der Waals surface area contributed by atoms with Crippen molar-refractivity contribution in [2.75, 3.05) is 14.1 Å². The number of hydrogen-bond donors (Lipinski definition) is 0. The fourth-order valence-corrected chi connectivity index (χ4v) is 1.16. The lowest BCUT2D eigenvalue weighted by atomic mass is 10.2. The van der Waals surface area contributed by atoms with Crippen LogP contribution in [-0.4, -0.2) is 19.0 Å². The van der Waals surface area contributed by atoms with Crippen molar-refractivity contribution < 1.29 is 0 Å². The van der Waals surface area contributed by atoms with Gasteiger partial charge in [0.25, 0.3) is 0 Å². The molecular formula is C9H12ClN. The fraction of sp³-hybridized carbons (Fsp3) is 0.333. The van der Waals surface area contributed by atoms with Crippen molar-refractivity contribution in [3.05, 3.63) is 34.9 Å². The minimum Gasteiger partial charge on any atom is -0.305 e. The first-order chi connectivity index (χ1) is 5.20. The summed E-state index contributed by atoms with van der Waals surface area (Å²) in [7, 11) is 4.06. The number of rotatable bonds is 2. The van der Waals surface area contributed by atoms with Gasteiger partial charge in [0.05, 0.1) is 0 Å². The highest BCUT2D eigenvalue weighted by Crippen LogP contribution is 2.15. The van der Waals surface area contributed by atoms with Crippen molar-refractivity contribution >= 4 is 11.6 Å². The maximum Gasteiger partial charge on any atom is 0.0451 e. The van der Waals surface area contributed by atoms with Gasteiger partial charge in [-0.3, -0.25) is 0 Å². The summed E-state index contributed by atoms with van der Waals surface area (Å²) in [5, 5.41) is 0.848. The summed E-state index contributed by atoms with van der Waals surface area (Å²) in [5.74, 6) is 0. The molecule has 0 heterocycles. The third kappa shape index (κ3) is 2.52. The third-order valence-electron chi connectivity index (χ3n) is 1.44. The van der Waals surface area contributed by atoms with E-state index >= 15 is 0 Å². The Labute approximate surface area is 72.6 Å². The summed E-state index contributed by atoms with van der Waals surface area (Å²) in [6.07, 6.45) is 0. The molecule has 1 aromatic rings. The quantitative estimate of drug-likeness (QED) is 0.657. The van der Waals surface area contributed by atoms with Crippen LogP contribution in [0.1, 0.15) is 5.56 Å². The van der Waals surface area contributed by atoms with Crippen LogP contribution in [0.25, 0.3) is 0 Å². The van der Waals surface area contributed by atoms with E-state index in [2.05, 4.69) is 4.90 Å². The zero-order valence-electron chi connectivity index (χ0n) is 6.84. The molecule has 0 bridgehead atoms. The van der Waals surface area contributed by atoms with Gasteiger partial charge in [-0.15, -0.1) is 0 Å². The van der Waals surface area contributed by atoms with Crippen LogP contribution in [0, 0.1) is 0 Å². The molecule has 2 heteroatoms. The third-order valence-corrected chi connectivity index (χ3v) is 1.81. The van der Waals surface area contributed by atoms with Crippen molar-refractivity contribution in [2.24, 2.45) is 0 Å². The smallest absolute Gasteiger partial charge is 0.0451 e. The Morgan fingerprint density at radius 2 is 1.91 bits per heavy atom. The molecule has 1 nitrogen and oxygen atoms in total. The molecule has 0 aromatic heterocycles. The van der Waals surface area contributed by atoms with Crippen LogP contribution in [0.2, 0.25) is 5.02 Å². The van der Waals surface area contributed by atoms with Gasteiger partial charge in [-0.05, 0) is 25.7 Å². The average molecular weight is 170 g/mol. The first-order valence-corrected chi connectivity index (χ1v) is 3.96. The summed E-state index contributed by atoms with van der Waals surface area (Å²) in [5.41, 5.74) is 1.18. The molecule has 0 atom stereocenters. The molecule has 0 unspecified atom stereocenters. The molecule has 0 N–H and O–H groups in total. The van der Waals surface area contributed by atoms with E-state index in [-0.39, 0.29) is 0 Å². The van der Waals surface area contributed by atoms with Crippen LogP contribution in [-0.2, 0) is 6.54 Å². The fourth-order valence-electron chi connectivity index (χ4n) is 0.967. The molecule has 0 aliphatic rings. The van der Waals surface area contributed by atoms with Crippen molar-refractivity contribution in [1.82, 2.24) is 4.90 Å². The van der Waals surface area contributed by atoms with E-state index in [1.807, 2.05) is 38.4 Å². The van der Waals surface area contributed by atoms with Gasteiger partial charge in [-0.25, -0.2) is 0 Å². The highest BCUT2D eigenvalue weighted by atomic mass is 35.5. The van der Waals surface area contributed by atoms with E-state index in [1.54, 1.807) is 0 Å². The minimum absolute atomic E-state index is 0.848. The van der Waals surface area contributed by atoms with Crippen LogP contribution in [0.5, 0.6) is 0 Å². The molecule has 0 amide bonds. The molecule has 60 valence electrons. The number of benzene rings is 1. The Hall–Kier alpha value is -0.530. The summed E-state index contributed by atoms with van der Waals surface area (Å²) in [4.78, 5) is 2.10. The van der Waals surface area contributed by atoms with Crippen LogP contribution in [0.3, 0.4) is 0 Å². The van der Waals surface area contributed by atoms with Crippen molar-refractivity contribution in [2.45, 2.75) is 6.54 Å². The maximum absolute atomic E-state index is 5.94. The van der Waals surface area contributed by atoms with Gasteiger partial charge >= 0.3 is 0 Å². The van der Waals surface area contributed by atoms with Gasteiger partial charge in [0, 0.05) is 11.6 Å². The van der Waals surface area contributed by atoms with Gasteiger partial charge < -0.3 is 4.90 Å². The van der Waals surface area contributed by atoms with Crippen molar-refractivity contribution in [3.63, 3.8) is 0 Å². The lowest BCUT2D eigenvalue weighted by molar-refractivity contribution is 0.402. The molecule has 0 spiro atoms. The Balaban J connectivity index is 2.78. The van der Waals surface area contributed by atoms with Gasteiger partial charge in [-0.1, -0.05) is 29.8 Å². The molecule has 0 radical (unpaired) electrons. The standard InChI is InChI=1S/C9H12ClN/c1-11(2)7-8-5-3-4-6-9(8)10/h3-6H,7H2,1-2H3. The number of hydrogen-bond acceptors (Lipinski definition) is 1. The molecular weight excluding hydrogens is 158 g/mol. The van der Waals surface area contributed by atoms with E-state index in [1.165, 1.54) is 5.56 Å². The Morgan fingerprint density at radius 1 is 1.27 bits per heavy atom. The molecule has 0 saturated heterocycles. The lowest BCUT2D eigenvalue weighted by Crippen LogP contribution is -2.10. The van der Waals surface area contributed by atoms with Gasteiger partial charge in [0.1, 0.15) is 0 Å². The largest absolute Gasteiger partial charge is 0.305 e. The number of halogens is 1.